The lowest BCUT2D eigenvalue weighted by atomic mass is 9.99. The predicted octanol–water partition coefficient (Wildman–Crippen LogP) is 3.99. The third-order valence-electron chi connectivity index (χ3n) is 10.1. The van der Waals surface area contributed by atoms with Crippen LogP contribution in [0.4, 0.5) is 11.4 Å². The van der Waals surface area contributed by atoms with Crippen LogP contribution in [0, 0.1) is 4.91 Å². The Morgan fingerprint density at radius 2 is 1.38 bits per heavy atom. The number of nitroso groups, excluding NO2 is 1. The standard InChI is InChI=1S/C46H56Cl2N12O8/c1-26(54-44(29-6-10-31(47)11-7-29)35-21-33(66-4)14-16-37(35)55-28(3)58-60-65)20-40(61)52-25-43(64)53-24-42(63)51-19-18-50-41(62)23-39-46(59-68-27(2)49)57-38-17-15-34(67-5)22-36(38)45(56-39)30-8-12-32(48)13-9-30/h6-17,21-22,26-28,39,46,55,57,59H,18-20,23-25,49H2,1-5H3,(H,50,62)(H,51,63)(H,52,61)(H,53,64)(H,58,65)/t26-,27?,28?,39+,46?/m1/s1. The smallest absolute Gasteiger partial charge is 0.239 e. The highest BCUT2D eigenvalue weighted by Gasteiger charge is 2.30. The Labute approximate surface area is 403 Å². The van der Waals surface area contributed by atoms with Crippen molar-refractivity contribution in [2.24, 2.45) is 21.0 Å². The summed E-state index contributed by atoms with van der Waals surface area (Å²) in [5.74, 6) is -0.756. The molecule has 5 atom stereocenters. The van der Waals surface area contributed by atoms with Crippen LogP contribution in [0.1, 0.15) is 55.9 Å². The van der Waals surface area contributed by atoms with Crippen LogP contribution in [0.3, 0.4) is 0 Å². The maximum Gasteiger partial charge on any atom is 0.239 e. The molecule has 0 aliphatic carbocycles. The number of nitrogens with two attached hydrogens (primary N) is 1. The monoisotopic (exact) mass is 974 g/mol. The number of carbonyl (C=O) groups is 4. The fourth-order valence-corrected chi connectivity index (χ4v) is 7.07. The Bertz CT molecular complexity index is 2440. The number of nitrogens with zero attached hydrogens (tertiary/aromatic N) is 3. The van der Waals surface area contributed by atoms with Gasteiger partial charge in [-0.3, -0.25) is 39.4 Å². The fourth-order valence-electron chi connectivity index (χ4n) is 6.81. The lowest BCUT2D eigenvalue weighted by molar-refractivity contribution is -0.127. The van der Waals surface area contributed by atoms with Crippen molar-refractivity contribution in [3.8, 4) is 11.5 Å². The van der Waals surface area contributed by atoms with Gasteiger partial charge in [-0.05, 0) is 81.4 Å². The molecule has 1 aliphatic heterocycles. The van der Waals surface area contributed by atoms with Gasteiger partial charge in [0.25, 0.3) is 0 Å². The molecule has 20 nitrogen and oxygen atoms in total. The highest BCUT2D eigenvalue weighted by atomic mass is 35.5. The number of rotatable bonds is 24. The van der Waals surface area contributed by atoms with Crippen molar-refractivity contribution < 1.29 is 33.5 Å². The molecule has 3 unspecified atom stereocenters. The minimum atomic E-state index is -0.707. The molecular formula is C46H56Cl2N12O8. The van der Waals surface area contributed by atoms with Crippen LogP contribution in [0.25, 0.3) is 0 Å². The molecule has 0 aromatic heterocycles. The van der Waals surface area contributed by atoms with Crippen LogP contribution in [-0.2, 0) is 24.0 Å². The van der Waals surface area contributed by atoms with E-state index in [0.717, 1.165) is 11.1 Å². The SMILES string of the molecule is COc1ccc(NC(C)NN=O)c(C(=N[C@H](C)CC(=O)NCC(=O)NCC(=O)NCCNC(=O)C[C@@H]2N=C(c3ccc(Cl)cc3)c3cc(OC)ccc3NC2NOC(C)N)c2ccc(Cl)cc2)c1. The Morgan fingerprint density at radius 1 is 0.779 bits per heavy atom. The number of hydrogen-bond donors (Lipinski definition) is 9. The fraction of sp³-hybridized carbons (Fsp3) is 0.348. The number of nitrogens with one attached hydrogen (secondary N) is 8. The number of fused-ring (bicyclic) bond motifs is 1. The first kappa shape index (κ1) is 52.1. The van der Waals surface area contributed by atoms with Gasteiger partial charge >= 0.3 is 0 Å². The van der Waals surface area contributed by atoms with Gasteiger partial charge in [-0.1, -0.05) is 47.5 Å². The van der Waals surface area contributed by atoms with Crippen molar-refractivity contribution in [2.75, 3.05) is 51.0 Å². The molecule has 0 saturated heterocycles. The Morgan fingerprint density at radius 3 is 2.03 bits per heavy atom. The number of amides is 4. The third-order valence-corrected chi connectivity index (χ3v) is 10.6. The zero-order valence-corrected chi connectivity index (χ0v) is 39.7. The quantitative estimate of drug-likeness (QED) is 0.0158. The van der Waals surface area contributed by atoms with Crippen LogP contribution < -0.4 is 58.0 Å². The molecule has 0 saturated carbocycles. The van der Waals surface area contributed by atoms with Gasteiger partial charge in [0, 0.05) is 63.2 Å². The summed E-state index contributed by atoms with van der Waals surface area (Å²) in [6.07, 6.45) is -2.05. The van der Waals surface area contributed by atoms with E-state index in [4.69, 9.17) is 53.2 Å². The summed E-state index contributed by atoms with van der Waals surface area (Å²) >= 11 is 12.4. The zero-order chi connectivity index (χ0) is 49.2. The summed E-state index contributed by atoms with van der Waals surface area (Å²) in [6, 6.07) is 23.7. The molecule has 4 aromatic rings. The summed E-state index contributed by atoms with van der Waals surface area (Å²) in [5.41, 5.74) is 16.4. The first-order valence-corrected chi connectivity index (χ1v) is 22.3. The van der Waals surface area contributed by atoms with Crippen molar-refractivity contribution >= 4 is 69.6 Å². The van der Waals surface area contributed by atoms with E-state index in [-0.39, 0.29) is 44.9 Å². The first-order valence-electron chi connectivity index (χ1n) is 21.5. The van der Waals surface area contributed by atoms with E-state index in [2.05, 4.69) is 48.1 Å². The summed E-state index contributed by atoms with van der Waals surface area (Å²) < 4.78 is 11.0. The summed E-state index contributed by atoms with van der Waals surface area (Å²) in [7, 11) is 3.10. The van der Waals surface area contributed by atoms with Gasteiger partial charge < -0.3 is 47.1 Å². The van der Waals surface area contributed by atoms with Crippen LogP contribution >= 0.6 is 23.2 Å². The zero-order valence-electron chi connectivity index (χ0n) is 38.2. The van der Waals surface area contributed by atoms with Crippen LogP contribution in [-0.4, -0.2) is 106 Å². The Hall–Kier alpha value is -6.84. The first-order chi connectivity index (χ1) is 32.6. The van der Waals surface area contributed by atoms with E-state index >= 15 is 0 Å². The van der Waals surface area contributed by atoms with Gasteiger partial charge in [-0.25, -0.2) is 0 Å². The van der Waals surface area contributed by atoms with Crippen molar-refractivity contribution in [3.63, 3.8) is 0 Å². The van der Waals surface area contributed by atoms with Crippen LogP contribution in [0.2, 0.25) is 10.0 Å². The number of benzene rings is 4. The molecule has 362 valence electrons. The largest absolute Gasteiger partial charge is 0.497 e. The van der Waals surface area contributed by atoms with E-state index in [0.29, 0.717) is 55.5 Å². The lowest BCUT2D eigenvalue weighted by Crippen LogP contribution is -2.49. The van der Waals surface area contributed by atoms with Gasteiger partial charge in [-0.15, -0.1) is 4.91 Å². The maximum atomic E-state index is 13.3. The number of anilines is 2. The molecule has 1 aliphatic rings. The molecule has 4 amide bonds. The van der Waals surface area contributed by atoms with Crippen molar-refractivity contribution in [2.45, 2.75) is 64.3 Å². The number of carbonyl (C=O) groups excluding carboxylic acids is 4. The minimum absolute atomic E-state index is 0.0652. The number of methoxy groups -OCH3 is 2. The van der Waals surface area contributed by atoms with E-state index < -0.39 is 48.4 Å². The second-order valence-electron chi connectivity index (χ2n) is 15.5. The van der Waals surface area contributed by atoms with Crippen LogP contribution in [0.5, 0.6) is 11.5 Å². The number of benzodiazepines with no additional fused rings is 1. The summed E-state index contributed by atoms with van der Waals surface area (Å²) in [5, 5.41) is 20.9. The molecule has 68 heavy (non-hydrogen) atoms. The van der Waals surface area contributed by atoms with Gasteiger partial charge in [0.15, 0.2) is 0 Å². The average Bonchev–Trinajstić information content (AvgIpc) is 3.46. The van der Waals surface area contributed by atoms with Gasteiger partial charge in [0.2, 0.25) is 23.6 Å². The highest BCUT2D eigenvalue weighted by molar-refractivity contribution is 6.31. The molecule has 0 fully saturated rings. The second kappa shape index (κ2) is 25.9. The van der Waals surface area contributed by atoms with Crippen LogP contribution in [0.15, 0.2) is 100 Å². The lowest BCUT2D eigenvalue weighted by Gasteiger charge is -2.26. The molecule has 0 spiro atoms. The Balaban J connectivity index is 1.11. The average molecular weight is 976 g/mol. The molecule has 1 heterocycles. The Kier molecular flexibility index (Phi) is 19.9. The minimum Gasteiger partial charge on any atom is -0.497 e. The molecule has 22 heteroatoms. The van der Waals surface area contributed by atoms with Gasteiger partial charge in [0.05, 0.1) is 62.5 Å². The number of aliphatic imine (C=N–C) groups is 2. The number of ether oxygens (including phenoxy) is 2. The third kappa shape index (κ3) is 15.9. The molecule has 4 aromatic carbocycles. The predicted molar refractivity (Wildman–Crippen MR) is 262 cm³/mol. The maximum absolute atomic E-state index is 13.3. The van der Waals surface area contributed by atoms with E-state index in [9.17, 15) is 24.1 Å². The summed E-state index contributed by atoms with van der Waals surface area (Å²) in [4.78, 5) is 77.9. The number of halogens is 2. The molecule has 0 radical (unpaired) electrons. The molecule has 10 N–H and O–H groups in total. The normalized spacial score (nSPS) is 15.6. The topological polar surface area (TPSA) is 272 Å². The number of hydroxylamine groups is 1. The number of hydrogen-bond acceptors (Lipinski definition) is 15. The second-order valence-corrected chi connectivity index (χ2v) is 16.4. The van der Waals surface area contributed by atoms with Crippen molar-refractivity contribution in [3.05, 3.63) is 122 Å². The highest BCUT2D eigenvalue weighted by Crippen LogP contribution is 2.31. The van der Waals surface area contributed by atoms with Crippen molar-refractivity contribution in [1.29, 1.82) is 0 Å². The van der Waals surface area contributed by atoms with E-state index in [1.54, 1.807) is 88.5 Å². The molecular weight excluding hydrogens is 919 g/mol. The summed E-state index contributed by atoms with van der Waals surface area (Å²) in [6.45, 7) is 4.52. The molecule has 5 rings (SSSR count). The van der Waals surface area contributed by atoms with Crippen molar-refractivity contribution in [1.82, 2.24) is 32.2 Å². The van der Waals surface area contributed by atoms with Gasteiger partial charge in [-0.2, -0.15) is 5.48 Å². The van der Waals surface area contributed by atoms with E-state index in [1.165, 1.54) is 7.11 Å². The van der Waals surface area contributed by atoms with Gasteiger partial charge in [0.1, 0.15) is 30.1 Å². The molecule has 0 bridgehead atoms. The van der Waals surface area contributed by atoms with E-state index in [1.807, 2.05) is 24.3 Å².